The van der Waals surface area contributed by atoms with Crippen LogP contribution in [0, 0.1) is 4.64 Å². The summed E-state index contributed by atoms with van der Waals surface area (Å²) in [6.07, 6.45) is 3.38. The third kappa shape index (κ3) is 2.18. The van der Waals surface area contributed by atoms with Gasteiger partial charge in [-0.05, 0) is 38.2 Å². The van der Waals surface area contributed by atoms with Crippen molar-refractivity contribution in [2.24, 2.45) is 0 Å². The van der Waals surface area contributed by atoms with Crippen molar-refractivity contribution < 1.29 is 4.74 Å². The van der Waals surface area contributed by atoms with Gasteiger partial charge in [0.05, 0.1) is 0 Å². The third-order valence-electron chi connectivity index (χ3n) is 3.41. The molecular formula is C12H18N2OS. The molecule has 1 aliphatic rings. The molecule has 4 heteroatoms. The van der Waals surface area contributed by atoms with Gasteiger partial charge in [0.15, 0.2) is 0 Å². The summed E-state index contributed by atoms with van der Waals surface area (Å²) in [6.45, 7) is 4.13. The summed E-state index contributed by atoms with van der Waals surface area (Å²) in [4.78, 5) is 7.78. The van der Waals surface area contributed by atoms with Gasteiger partial charge in [-0.25, -0.2) is 4.98 Å². The quantitative estimate of drug-likeness (QED) is 0.818. The molecule has 0 saturated heterocycles. The fraction of sp³-hybridized carbons (Fsp3) is 0.667. The van der Waals surface area contributed by atoms with Gasteiger partial charge in [0, 0.05) is 12.8 Å². The van der Waals surface area contributed by atoms with E-state index in [-0.39, 0.29) is 5.60 Å². The second-order valence-electron chi connectivity index (χ2n) is 4.59. The highest BCUT2D eigenvalue weighted by molar-refractivity contribution is 7.71. The lowest BCUT2D eigenvalue weighted by Crippen LogP contribution is -2.26. The van der Waals surface area contributed by atoms with Crippen molar-refractivity contribution >= 4 is 12.2 Å². The normalized spacial score (nSPS) is 19.4. The zero-order chi connectivity index (χ0) is 11.8. The van der Waals surface area contributed by atoms with E-state index >= 15 is 0 Å². The average molecular weight is 238 g/mol. The molecule has 1 saturated carbocycles. The molecule has 0 aromatic carbocycles. The number of aromatic amines is 1. The molecular weight excluding hydrogens is 220 g/mol. The topological polar surface area (TPSA) is 37.9 Å². The van der Waals surface area contributed by atoms with Crippen molar-refractivity contribution in [2.45, 2.75) is 44.6 Å². The minimum atomic E-state index is -0.363. The van der Waals surface area contributed by atoms with Gasteiger partial charge in [0.2, 0.25) is 0 Å². The molecule has 1 unspecified atom stereocenters. The Balaban J connectivity index is 2.43. The van der Waals surface area contributed by atoms with Crippen LogP contribution in [-0.4, -0.2) is 17.1 Å². The van der Waals surface area contributed by atoms with E-state index in [9.17, 15) is 0 Å². The Hall–Kier alpha value is -0.740. The predicted molar refractivity (Wildman–Crippen MR) is 66.0 cm³/mol. The Kier molecular flexibility index (Phi) is 3.13. The number of hydrogen-bond donors (Lipinski definition) is 1. The van der Waals surface area contributed by atoms with Crippen LogP contribution in [0.3, 0.4) is 0 Å². The van der Waals surface area contributed by atoms with Gasteiger partial charge < -0.3 is 9.72 Å². The molecule has 1 N–H and O–H groups in total. The molecule has 1 atom stereocenters. The highest BCUT2D eigenvalue weighted by Gasteiger charge is 2.30. The molecule has 1 aromatic rings. The van der Waals surface area contributed by atoms with E-state index < -0.39 is 0 Å². The molecule has 2 rings (SSSR count). The molecule has 0 amide bonds. The first kappa shape index (κ1) is 11.7. The number of nitrogens with zero attached hydrogens (tertiary/aromatic N) is 1. The van der Waals surface area contributed by atoms with Gasteiger partial charge in [0.25, 0.3) is 0 Å². The number of H-pyrrole nitrogens is 1. The SMILES string of the molecule is CCC(C)(OC)c1nc(=S)cc(C2CC2)[nH]1. The average Bonchev–Trinajstić information content (AvgIpc) is 3.11. The summed E-state index contributed by atoms with van der Waals surface area (Å²) in [5.74, 6) is 1.51. The lowest BCUT2D eigenvalue weighted by Gasteiger charge is -2.26. The molecule has 88 valence electrons. The van der Waals surface area contributed by atoms with E-state index in [1.807, 2.05) is 13.0 Å². The van der Waals surface area contributed by atoms with Crippen molar-refractivity contribution in [1.29, 1.82) is 0 Å². The number of methoxy groups -OCH3 is 1. The van der Waals surface area contributed by atoms with E-state index in [0.717, 1.165) is 12.2 Å². The van der Waals surface area contributed by atoms with E-state index in [4.69, 9.17) is 17.0 Å². The third-order valence-corrected chi connectivity index (χ3v) is 3.62. The fourth-order valence-corrected chi connectivity index (χ4v) is 1.97. The lowest BCUT2D eigenvalue weighted by atomic mass is 10.0. The minimum absolute atomic E-state index is 0.363. The maximum absolute atomic E-state index is 5.54. The van der Waals surface area contributed by atoms with Crippen LogP contribution in [0.15, 0.2) is 6.07 Å². The smallest absolute Gasteiger partial charge is 0.139 e. The standard InChI is InChI=1S/C12H18N2OS/c1-4-12(2,15-3)11-13-9(8-5-6-8)7-10(16)14-11/h7-8H,4-6H2,1-3H3,(H,13,14,16). The Morgan fingerprint density at radius 2 is 2.31 bits per heavy atom. The molecule has 0 spiro atoms. The van der Waals surface area contributed by atoms with Crippen LogP contribution in [0.25, 0.3) is 0 Å². The van der Waals surface area contributed by atoms with Gasteiger partial charge in [-0.2, -0.15) is 0 Å². The number of rotatable bonds is 4. The van der Waals surface area contributed by atoms with E-state index in [1.165, 1.54) is 18.5 Å². The summed E-state index contributed by atoms with van der Waals surface area (Å²) >= 11 is 5.21. The molecule has 3 nitrogen and oxygen atoms in total. The van der Waals surface area contributed by atoms with Crippen LogP contribution in [0.4, 0.5) is 0 Å². The summed E-state index contributed by atoms with van der Waals surface area (Å²) in [5, 5.41) is 0. The number of nitrogens with one attached hydrogen (secondary N) is 1. The minimum Gasteiger partial charge on any atom is -0.371 e. The van der Waals surface area contributed by atoms with E-state index in [1.54, 1.807) is 7.11 Å². The second-order valence-corrected chi connectivity index (χ2v) is 5.00. The zero-order valence-electron chi connectivity index (χ0n) is 10.0. The molecule has 0 aliphatic heterocycles. The first-order valence-electron chi connectivity index (χ1n) is 5.76. The number of aromatic nitrogens is 2. The van der Waals surface area contributed by atoms with Gasteiger partial charge in [-0.15, -0.1) is 0 Å². The molecule has 1 fully saturated rings. The van der Waals surface area contributed by atoms with Crippen molar-refractivity contribution in [3.8, 4) is 0 Å². The van der Waals surface area contributed by atoms with Crippen LogP contribution in [-0.2, 0) is 10.3 Å². The summed E-state index contributed by atoms with van der Waals surface area (Å²) in [7, 11) is 1.71. The van der Waals surface area contributed by atoms with Gasteiger partial charge in [-0.3, -0.25) is 0 Å². The van der Waals surface area contributed by atoms with Gasteiger partial charge >= 0.3 is 0 Å². The highest BCUT2D eigenvalue weighted by Crippen LogP contribution is 2.39. The zero-order valence-corrected chi connectivity index (χ0v) is 10.9. The Morgan fingerprint density at radius 1 is 1.62 bits per heavy atom. The monoisotopic (exact) mass is 238 g/mol. The summed E-state index contributed by atoms with van der Waals surface area (Å²) in [6, 6.07) is 1.97. The summed E-state index contributed by atoms with van der Waals surface area (Å²) < 4.78 is 6.20. The van der Waals surface area contributed by atoms with E-state index in [2.05, 4.69) is 16.9 Å². The highest BCUT2D eigenvalue weighted by atomic mass is 32.1. The largest absolute Gasteiger partial charge is 0.371 e. The predicted octanol–water partition coefficient (Wildman–Crippen LogP) is 3.29. The Bertz CT molecular complexity index is 433. The van der Waals surface area contributed by atoms with Crippen LogP contribution in [0.5, 0.6) is 0 Å². The fourth-order valence-electron chi connectivity index (χ4n) is 1.75. The van der Waals surface area contributed by atoms with Gasteiger partial charge in [0.1, 0.15) is 16.1 Å². The van der Waals surface area contributed by atoms with Crippen LogP contribution in [0.2, 0.25) is 0 Å². The summed E-state index contributed by atoms with van der Waals surface area (Å²) in [5.41, 5.74) is 0.852. The molecule has 0 radical (unpaired) electrons. The maximum Gasteiger partial charge on any atom is 0.139 e. The molecule has 1 heterocycles. The molecule has 1 aromatic heterocycles. The lowest BCUT2D eigenvalue weighted by molar-refractivity contribution is -0.00924. The number of ether oxygens (including phenoxy) is 1. The van der Waals surface area contributed by atoms with E-state index in [0.29, 0.717) is 10.6 Å². The molecule has 1 aliphatic carbocycles. The van der Waals surface area contributed by atoms with Crippen molar-refractivity contribution in [3.63, 3.8) is 0 Å². The maximum atomic E-state index is 5.54. The van der Waals surface area contributed by atoms with Crippen molar-refractivity contribution in [1.82, 2.24) is 9.97 Å². The Morgan fingerprint density at radius 3 is 2.81 bits per heavy atom. The first-order chi connectivity index (χ1) is 7.59. The van der Waals surface area contributed by atoms with Crippen LogP contribution < -0.4 is 0 Å². The molecule has 16 heavy (non-hydrogen) atoms. The van der Waals surface area contributed by atoms with Crippen molar-refractivity contribution in [3.05, 3.63) is 22.2 Å². The van der Waals surface area contributed by atoms with Crippen LogP contribution >= 0.6 is 12.2 Å². The molecule has 0 bridgehead atoms. The Labute approximate surface area is 101 Å². The van der Waals surface area contributed by atoms with Crippen molar-refractivity contribution in [2.75, 3.05) is 7.11 Å². The van der Waals surface area contributed by atoms with Crippen LogP contribution in [0.1, 0.15) is 50.5 Å². The first-order valence-corrected chi connectivity index (χ1v) is 6.17. The second kappa shape index (κ2) is 4.26. The van der Waals surface area contributed by atoms with Gasteiger partial charge in [-0.1, -0.05) is 19.1 Å². The number of hydrogen-bond acceptors (Lipinski definition) is 3.